The Labute approximate surface area is 136 Å². The Kier molecular flexibility index (Phi) is 4.90. The summed E-state index contributed by atoms with van der Waals surface area (Å²) >= 11 is 0.720. The van der Waals surface area contributed by atoms with Crippen LogP contribution in [0.2, 0.25) is 0 Å². The first-order valence-electron chi connectivity index (χ1n) is 6.82. The SMILES string of the molecule is Cc1cc(C)c(C(=O)COC(=O)c2ccc([N+](=O)[O-])s2)c(C)c1. The summed E-state index contributed by atoms with van der Waals surface area (Å²) in [6.45, 7) is 5.21. The summed E-state index contributed by atoms with van der Waals surface area (Å²) in [5, 5.41) is 10.5. The van der Waals surface area contributed by atoms with E-state index in [1.807, 2.05) is 32.9 Å². The van der Waals surface area contributed by atoms with Gasteiger partial charge in [-0.2, -0.15) is 0 Å². The first kappa shape index (κ1) is 16.8. The molecule has 23 heavy (non-hydrogen) atoms. The number of Topliss-reactive ketones (excluding diaryl/α,β-unsaturated/α-hetero) is 1. The zero-order valence-corrected chi connectivity index (χ0v) is 13.7. The van der Waals surface area contributed by atoms with Gasteiger partial charge < -0.3 is 4.74 Å². The average Bonchev–Trinajstić information content (AvgIpc) is 2.93. The van der Waals surface area contributed by atoms with Crippen LogP contribution in [0.3, 0.4) is 0 Å². The van der Waals surface area contributed by atoms with Gasteiger partial charge in [0, 0.05) is 11.6 Å². The molecule has 2 aromatic rings. The fraction of sp³-hybridized carbons (Fsp3) is 0.250. The van der Waals surface area contributed by atoms with Crippen molar-refractivity contribution in [3.63, 3.8) is 0 Å². The standard InChI is InChI=1S/C16H15NO5S/c1-9-6-10(2)15(11(3)7-9)12(18)8-22-16(19)13-4-5-14(23-13)17(20)21/h4-7H,8H2,1-3H3. The molecule has 0 atom stereocenters. The minimum Gasteiger partial charge on any atom is -0.453 e. The van der Waals surface area contributed by atoms with Crippen LogP contribution in [0.5, 0.6) is 0 Å². The Morgan fingerprint density at radius 2 is 1.78 bits per heavy atom. The minimum absolute atomic E-state index is 0.0989. The molecule has 0 aliphatic carbocycles. The van der Waals surface area contributed by atoms with Crippen molar-refractivity contribution >= 4 is 28.1 Å². The number of nitro groups is 1. The van der Waals surface area contributed by atoms with Crippen LogP contribution in [0.15, 0.2) is 24.3 Å². The van der Waals surface area contributed by atoms with Gasteiger partial charge in [0.25, 0.3) is 0 Å². The van der Waals surface area contributed by atoms with Gasteiger partial charge in [-0.3, -0.25) is 14.9 Å². The highest BCUT2D eigenvalue weighted by Gasteiger charge is 2.19. The van der Waals surface area contributed by atoms with E-state index in [0.717, 1.165) is 28.0 Å². The number of hydrogen-bond donors (Lipinski definition) is 0. The van der Waals surface area contributed by atoms with Crippen LogP contribution < -0.4 is 0 Å². The molecule has 0 N–H and O–H groups in total. The van der Waals surface area contributed by atoms with Gasteiger partial charge in [0.2, 0.25) is 5.78 Å². The lowest BCUT2D eigenvalue weighted by Crippen LogP contribution is -2.15. The normalized spacial score (nSPS) is 10.4. The van der Waals surface area contributed by atoms with Gasteiger partial charge >= 0.3 is 11.0 Å². The zero-order chi connectivity index (χ0) is 17.1. The van der Waals surface area contributed by atoms with Crippen molar-refractivity contribution in [3.8, 4) is 0 Å². The van der Waals surface area contributed by atoms with E-state index in [1.54, 1.807) is 0 Å². The maximum absolute atomic E-state index is 12.3. The van der Waals surface area contributed by atoms with E-state index in [2.05, 4.69) is 0 Å². The molecule has 0 spiro atoms. The summed E-state index contributed by atoms with van der Waals surface area (Å²) in [6, 6.07) is 6.34. The molecule has 1 heterocycles. The fourth-order valence-corrected chi connectivity index (χ4v) is 3.14. The fourth-order valence-electron chi connectivity index (χ4n) is 2.43. The van der Waals surface area contributed by atoms with E-state index in [-0.39, 0.29) is 15.7 Å². The van der Waals surface area contributed by atoms with Crippen LogP contribution in [0.1, 0.15) is 36.7 Å². The molecule has 1 aromatic carbocycles. The number of aryl methyl sites for hydroxylation is 3. The molecule has 0 fully saturated rings. The van der Waals surface area contributed by atoms with E-state index in [1.165, 1.54) is 12.1 Å². The third-order valence-electron chi connectivity index (χ3n) is 3.26. The second-order valence-corrected chi connectivity index (χ2v) is 6.23. The van der Waals surface area contributed by atoms with Crippen LogP contribution in [0.25, 0.3) is 0 Å². The Morgan fingerprint density at radius 1 is 1.17 bits per heavy atom. The molecule has 0 bridgehead atoms. The van der Waals surface area contributed by atoms with Crippen molar-refractivity contribution in [1.29, 1.82) is 0 Å². The molecule has 0 saturated heterocycles. The third kappa shape index (κ3) is 3.81. The molecule has 0 radical (unpaired) electrons. The molecule has 0 saturated carbocycles. The largest absolute Gasteiger partial charge is 0.453 e. The van der Waals surface area contributed by atoms with Crippen LogP contribution >= 0.6 is 11.3 Å². The predicted octanol–water partition coefficient (Wildman–Crippen LogP) is 3.62. The van der Waals surface area contributed by atoms with E-state index >= 15 is 0 Å². The predicted molar refractivity (Wildman–Crippen MR) is 86.2 cm³/mol. The molecule has 7 heteroatoms. The van der Waals surface area contributed by atoms with E-state index in [0.29, 0.717) is 5.56 Å². The van der Waals surface area contributed by atoms with Crippen LogP contribution in [-0.2, 0) is 4.74 Å². The second kappa shape index (κ2) is 6.70. The molecule has 0 aliphatic rings. The van der Waals surface area contributed by atoms with Crippen molar-refractivity contribution < 1.29 is 19.2 Å². The lowest BCUT2D eigenvalue weighted by molar-refractivity contribution is -0.380. The number of benzene rings is 1. The molecule has 0 unspecified atom stereocenters. The van der Waals surface area contributed by atoms with Crippen molar-refractivity contribution in [2.45, 2.75) is 20.8 Å². The highest BCUT2D eigenvalue weighted by Crippen LogP contribution is 2.24. The number of carbonyl (C=O) groups is 2. The number of ketones is 1. The van der Waals surface area contributed by atoms with Gasteiger partial charge in [-0.25, -0.2) is 4.79 Å². The van der Waals surface area contributed by atoms with E-state index in [9.17, 15) is 19.7 Å². The van der Waals surface area contributed by atoms with Gasteiger partial charge in [-0.1, -0.05) is 29.0 Å². The number of nitrogens with zero attached hydrogens (tertiary/aromatic N) is 1. The molecule has 6 nitrogen and oxygen atoms in total. The smallest absolute Gasteiger partial charge is 0.349 e. The van der Waals surface area contributed by atoms with Gasteiger partial charge in [-0.15, -0.1) is 0 Å². The summed E-state index contributed by atoms with van der Waals surface area (Å²) < 4.78 is 4.98. The Bertz CT molecular complexity index is 771. The average molecular weight is 333 g/mol. The van der Waals surface area contributed by atoms with E-state index < -0.39 is 17.5 Å². The molecule has 0 aliphatic heterocycles. The lowest BCUT2D eigenvalue weighted by Gasteiger charge is -2.10. The third-order valence-corrected chi connectivity index (χ3v) is 4.28. The van der Waals surface area contributed by atoms with Crippen molar-refractivity contribution in [1.82, 2.24) is 0 Å². The number of thiophene rings is 1. The van der Waals surface area contributed by atoms with Gasteiger partial charge in [0.1, 0.15) is 4.88 Å². The summed E-state index contributed by atoms with van der Waals surface area (Å²) in [4.78, 5) is 34.2. The monoisotopic (exact) mass is 333 g/mol. The maximum Gasteiger partial charge on any atom is 0.349 e. The van der Waals surface area contributed by atoms with Crippen LogP contribution in [0, 0.1) is 30.9 Å². The number of hydrogen-bond acceptors (Lipinski definition) is 6. The Balaban J connectivity index is 2.07. The number of esters is 1. The van der Waals surface area contributed by atoms with E-state index in [4.69, 9.17) is 4.74 Å². The summed E-state index contributed by atoms with van der Waals surface area (Å²) in [6.07, 6.45) is 0. The Morgan fingerprint density at radius 3 is 2.30 bits per heavy atom. The summed E-state index contributed by atoms with van der Waals surface area (Å²) in [7, 11) is 0. The van der Waals surface area contributed by atoms with Crippen molar-refractivity contribution in [2.24, 2.45) is 0 Å². The topological polar surface area (TPSA) is 86.5 Å². The molecule has 120 valence electrons. The number of carbonyl (C=O) groups excluding carboxylic acids is 2. The molecular weight excluding hydrogens is 318 g/mol. The maximum atomic E-state index is 12.3. The lowest BCUT2D eigenvalue weighted by atomic mass is 9.97. The molecule has 2 rings (SSSR count). The minimum atomic E-state index is -0.737. The molecule has 0 amide bonds. The van der Waals surface area contributed by atoms with Crippen LogP contribution in [-0.4, -0.2) is 23.3 Å². The van der Waals surface area contributed by atoms with Crippen molar-refractivity contribution in [3.05, 3.63) is 61.5 Å². The van der Waals surface area contributed by atoms with Crippen molar-refractivity contribution in [2.75, 3.05) is 6.61 Å². The number of ether oxygens (including phenoxy) is 1. The molecular formula is C16H15NO5S. The Hall–Kier alpha value is -2.54. The quantitative estimate of drug-likeness (QED) is 0.361. The number of rotatable bonds is 5. The zero-order valence-electron chi connectivity index (χ0n) is 12.9. The van der Waals surface area contributed by atoms with Gasteiger partial charge in [0.15, 0.2) is 6.61 Å². The first-order chi connectivity index (χ1) is 10.8. The van der Waals surface area contributed by atoms with Gasteiger partial charge in [0.05, 0.1) is 4.92 Å². The molecule has 1 aromatic heterocycles. The highest BCUT2D eigenvalue weighted by molar-refractivity contribution is 7.17. The second-order valence-electron chi connectivity index (χ2n) is 5.17. The summed E-state index contributed by atoms with van der Waals surface area (Å²) in [5.74, 6) is -1.03. The van der Waals surface area contributed by atoms with Crippen LogP contribution in [0.4, 0.5) is 5.00 Å². The first-order valence-corrected chi connectivity index (χ1v) is 7.63. The highest BCUT2D eigenvalue weighted by atomic mass is 32.1. The van der Waals surface area contributed by atoms with Gasteiger partial charge in [-0.05, 0) is 38.0 Å². The summed E-state index contributed by atoms with van der Waals surface area (Å²) in [5.41, 5.74) is 3.26.